The Labute approximate surface area is 110 Å². The van der Waals surface area contributed by atoms with Gasteiger partial charge in [0, 0.05) is 12.4 Å². The molecule has 0 radical (unpaired) electrons. The van der Waals surface area contributed by atoms with Gasteiger partial charge in [-0.25, -0.2) is 4.79 Å². The first-order valence-corrected chi connectivity index (χ1v) is 6.33. The Bertz CT molecular complexity index is 412. The summed E-state index contributed by atoms with van der Waals surface area (Å²) < 4.78 is 8.82. The van der Waals surface area contributed by atoms with Gasteiger partial charge in [0.05, 0.1) is 18.7 Å². The van der Waals surface area contributed by atoms with Crippen molar-refractivity contribution in [1.29, 1.82) is 0 Å². The minimum Gasteiger partial charge on any atom is -0.444 e. The standard InChI is InChI=1S/C11H17N3O3S/c1-11(2,3)17-10(16)14(4)6-9(15)5-8-7-18-13-12-8/h7H,5-6H2,1-4H3. The summed E-state index contributed by atoms with van der Waals surface area (Å²) in [7, 11) is 1.53. The molecule has 0 aromatic carbocycles. The number of likely N-dealkylation sites (N-methyl/N-ethyl adjacent to an activating group) is 1. The highest BCUT2D eigenvalue weighted by Crippen LogP contribution is 2.09. The van der Waals surface area contributed by atoms with Gasteiger partial charge in [-0.15, -0.1) is 5.10 Å². The molecule has 1 heterocycles. The van der Waals surface area contributed by atoms with Crippen LogP contribution in [0.1, 0.15) is 26.5 Å². The van der Waals surface area contributed by atoms with Crippen LogP contribution in [0, 0.1) is 0 Å². The number of aromatic nitrogens is 2. The number of ketones is 1. The molecule has 0 saturated carbocycles. The average Bonchev–Trinajstić information content (AvgIpc) is 2.67. The molecule has 6 nitrogen and oxygen atoms in total. The van der Waals surface area contributed by atoms with E-state index in [9.17, 15) is 9.59 Å². The second kappa shape index (κ2) is 5.90. The Kier molecular flexibility index (Phi) is 4.77. The molecule has 1 amide bonds. The second-order valence-corrected chi connectivity index (χ2v) is 5.56. The smallest absolute Gasteiger partial charge is 0.410 e. The minimum atomic E-state index is -0.562. The number of ether oxygens (including phenoxy) is 1. The van der Waals surface area contributed by atoms with Gasteiger partial charge in [0.2, 0.25) is 0 Å². The van der Waals surface area contributed by atoms with Crippen LogP contribution in [0.2, 0.25) is 0 Å². The summed E-state index contributed by atoms with van der Waals surface area (Å²) >= 11 is 1.20. The third-order valence-corrected chi connectivity index (χ3v) is 2.46. The molecular formula is C11H17N3O3S. The van der Waals surface area contributed by atoms with E-state index in [0.29, 0.717) is 5.69 Å². The molecular weight excluding hydrogens is 254 g/mol. The molecule has 0 aliphatic carbocycles. The zero-order chi connectivity index (χ0) is 13.8. The largest absolute Gasteiger partial charge is 0.444 e. The maximum absolute atomic E-state index is 11.7. The van der Waals surface area contributed by atoms with Crippen LogP contribution in [0.4, 0.5) is 4.79 Å². The maximum atomic E-state index is 11.7. The van der Waals surface area contributed by atoms with E-state index in [2.05, 4.69) is 9.59 Å². The van der Waals surface area contributed by atoms with Gasteiger partial charge >= 0.3 is 6.09 Å². The molecule has 0 N–H and O–H groups in total. The van der Waals surface area contributed by atoms with Crippen molar-refractivity contribution < 1.29 is 14.3 Å². The van der Waals surface area contributed by atoms with E-state index >= 15 is 0 Å². The molecule has 1 rings (SSSR count). The Morgan fingerprint density at radius 1 is 1.44 bits per heavy atom. The summed E-state index contributed by atoms with van der Waals surface area (Å²) in [4.78, 5) is 24.6. The van der Waals surface area contributed by atoms with Crippen molar-refractivity contribution >= 4 is 23.4 Å². The Morgan fingerprint density at radius 2 is 2.11 bits per heavy atom. The highest BCUT2D eigenvalue weighted by atomic mass is 32.1. The van der Waals surface area contributed by atoms with Gasteiger partial charge in [-0.05, 0) is 32.3 Å². The van der Waals surface area contributed by atoms with Crippen LogP contribution < -0.4 is 0 Å². The zero-order valence-electron chi connectivity index (χ0n) is 11.0. The van der Waals surface area contributed by atoms with Crippen molar-refractivity contribution in [2.75, 3.05) is 13.6 Å². The first kappa shape index (κ1) is 14.6. The lowest BCUT2D eigenvalue weighted by Crippen LogP contribution is -2.37. The lowest BCUT2D eigenvalue weighted by atomic mass is 10.2. The minimum absolute atomic E-state index is 0.00639. The number of Topliss-reactive ketones (excluding diaryl/α,β-unsaturated/α-hetero) is 1. The first-order chi connectivity index (χ1) is 8.28. The fourth-order valence-corrected chi connectivity index (χ4v) is 1.64. The maximum Gasteiger partial charge on any atom is 0.410 e. The average molecular weight is 271 g/mol. The highest BCUT2D eigenvalue weighted by molar-refractivity contribution is 7.03. The van der Waals surface area contributed by atoms with Gasteiger partial charge in [-0.2, -0.15) is 0 Å². The summed E-state index contributed by atoms with van der Waals surface area (Å²) in [6.45, 7) is 5.34. The number of carbonyl (C=O) groups is 2. The van der Waals surface area contributed by atoms with Crippen LogP contribution in [-0.4, -0.2) is 45.6 Å². The fraction of sp³-hybridized carbons (Fsp3) is 0.636. The Balaban J connectivity index is 2.42. The fourth-order valence-electron chi connectivity index (χ4n) is 1.19. The van der Waals surface area contributed by atoms with E-state index in [4.69, 9.17) is 4.74 Å². The van der Waals surface area contributed by atoms with Crippen LogP contribution in [0.15, 0.2) is 5.38 Å². The van der Waals surface area contributed by atoms with Gasteiger partial charge in [0.1, 0.15) is 5.60 Å². The third kappa shape index (κ3) is 5.22. The van der Waals surface area contributed by atoms with E-state index in [0.717, 1.165) is 0 Å². The van der Waals surface area contributed by atoms with Crippen molar-refractivity contribution in [3.63, 3.8) is 0 Å². The van der Waals surface area contributed by atoms with Gasteiger partial charge in [-0.3, -0.25) is 4.79 Å². The van der Waals surface area contributed by atoms with Crippen molar-refractivity contribution in [2.45, 2.75) is 32.8 Å². The normalized spacial score (nSPS) is 11.1. The van der Waals surface area contributed by atoms with Crippen molar-refractivity contribution in [3.8, 4) is 0 Å². The molecule has 0 aliphatic heterocycles. The molecule has 18 heavy (non-hydrogen) atoms. The van der Waals surface area contributed by atoms with Gasteiger partial charge in [-0.1, -0.05) is 4.49 Å². The summed E-state index contributed by atoms with van der Waals surface area (Å²) in [5, 5.41) is 5.49. The Hall–Kier alpha value is -1.50. The number of nitrogens with zero attached hydrogens (tertiary/aromatic N) is 3. The van der Waals surface area contributed by atoms with E-state index in [1.165, 1.54) is 23.5 Å². The summed E-state index contributed by atoms with van der Waals surface area (Å²) in [6.07, 6.45) is -0.323. The van der Waals surface area contributed by atoms with E-state index in [1.54, 1.807) is 26.2 Å². The molecule has 0 spiro atoms. The SMILES string of the molecule is CN(CC(=O)Cc1csnn1)C(=O)OC(C)(C)C. The summed E-state index contributed by atoms with van der Waals surface area (Å²) in [6, 6.07) is 0. The summed E-state index contributed by atoms with van der Waals surface area (Å²) in [5.41, 5.74) is 0.0651. The molecule has 0 saturated heterocycles. The molecule has 0 bridgehead atoms. The lowest BCUT2D eigenvalue weighted by Gasteiger charge is -2.24. The molecule has 0 unspecified atom stereocenters. The number of amides is 1. The van der Waals surface area contributed by atoms with Gasteiger partial charge in [0.15, 0.2) is 5.78 Å². The number of hydrogen-bond donors (Lipinski definition) is 0. The second-order valence-electron chi connectivity index (χ2n) is 4.95. The predicted molar refractivity (Wildman–Crippen MR) is 67.5 cm³/mol. The van der Waals surface area contributed by atoms with E-state index in [-0.39, 0.29) is 18.7 Å². The van der Waals surface area contributed by atoms with Crippen molar-refractivity contribution in [3.05, 3.63) is 11.1 Å². The van der Waals surface area contributed by atoms with Crippen LogP contribution >= 0.6 is 11.5 Å². The highest BCUT2D eigenvalue weighted by Gasteiger charge is 2.21. The third-order valence-electron chi connectivity index (χ3n) is 1.90. The number of carbonyl (C=O) groups excluding carboxylic acids is 2. The monoisotopic (exact) mass is 271 g/mol. The molecule has 0 fully saturated rings. The van der Waals surface area contributed by atoms with Crippen LogP contribution in [0.5, 0.6) is 0 Å². The number of hydrogen-bond acceptors (Lipinski definition) is 6. The molecule has 0 atom stereocenters. The predicted octanol–water partition coefficient (Wildman–Crippen LogP) is 1.52. The molecule has 7 heteroatoms. The zero-order valence-corrected chi connectivity index (χ0v) is 11.8. The summed E-state index contributed by atoms with van der Waals surface area (Å²) in [5.74, 6) is -0.101. The molecule has 1 aromatic rings. The first-order valence-electron chi connectivity index (χ1n) is 5.49. The van der Waals surface area contributed by atoms with Crippen LogP contribution in [0.25, 0.3) is 0 Å². The Morgan fingerprint density at radius 3 is 2.61 bits per heavy atom. The van der Waals surface area contributed by atoms with Crippen molar-refractivity contribution in [2.24, 2.45) is 0 Å². The van der Waals surface area contributed by atoms with E-state index < -0.39 is 11.7 Å². The number of rotatable bonds is 4. The van der Waals surface area contributed by atoms with E-state index in [1.807, 2.05) is 0 Å². The quantitative estimate of drug-likeness (QED) is 0.830. The topological polar surface area (TPSA) is 72.4 Å². The van der Waals surface area contributed by atoms with Gasteiger partial charge < -0.3 is 9.64 Å². The molecule has 0 aliphatic rings. The van der Waals surface area contributed by atoms with Crippen molar-refractivity contribution in [1.82, 2.24) is 14.5 Å². The van der Waals surface area contributed by atoms with Crippen LogP contribution in [0.3, 0.4) is 0 Å². The molecule has 1 aromatic heterocycles. The lowest BCUT2D eigenvalue weighted by molar-refractivity contribution is -0.119. The van der Waals surface area contributed by atoms with Gasteiger partial charge in [0.25, 0.3) is 0 Å². The van der Waals surface area contributed by atoms with Crippen LogP contribution in [-0.2, 0) is 16.0 Å². The molecule has 100 valence electrons.